The average molecular weight is 398 g/mol. The monoisotopic (exact) mass is 398 g/mol. The average Bonchev–Trinajstić information content (AvgIpc) is 3.23. The zero-order chi connectivity index (χ0) is 20.5. The topological polar surface area (TPSA) is 59.7 Å². The first-order valence-corrected chi connectivity index (χ1v) is 10.2. The van der Waals surface area contributed by atoms with Crippen molar-refractivity contribution < 1.29 is 9.53 Å². The molecule has 0 bridgehead atoms. The minimum absolute atomic E-state index is 0.0461. The molecular weight excluding hydrogens is 376 g/mol. The van der Waals surface area contributed by atoms with E-state index < -0.39 is 0 Å². The SMILES string of the molecule is CCOc1ccc2c(c1)CN(C(=O)c1cnn3c(-c4ccccc4)ccnc13)CC2. The van der Waals surface area contributed by atoms with Crippen molar-refractivity contribution in [3.05, 3.63) is 83.7 Å². The molecular formula is C24H22N4O2. The van der Waals surface area contributed by atoms with Crippen molar-refractivity contribution in [2.45, 2.75) is 19.9 Å². The van der Waals surface area contributed by atoms with Crippen molar-refractivity contribution in [1.82, 2.24) is 19.5 Å². The number of nitrogens with zero attached hydrogens (tertiary/aromatic N) is 4. The Morgan fingerprint density at radius 3 is 2.80 bits per heavy atom. The van der Waals surface area contributed by atoms with E-state index in [2.05, 4.69) is 16.1 Å². The van der Waals surface area contributed by atoms with Gasteiger partial charge in [0.05, 0.1) is 18.5 Å². The first-order valence-electron chi connectivity index (χ1n) is 10.2. The third-order valence-corrected chi connectivity index (χ3v) is 5.49. The summed E-state index contributed by atoms with van der Waals surface area (Å²) in [6.45, 7) is 3.83. The molecule has 0 radical (unpaired) electrons. The molecule has 0 aliphatic carbocycles. The molecule has 30 heavy (non-hydrogen) atoms. The van der Waals surface area contributed by atoms with Gasteiger partial charge in [0, 0.05) is 24.8 Å². The number of ether oxygens (including phenoxy) is 1. The normalized spacial score (nSPS) is 13.3. The summed E-state index contributed by atoms with van der Waals surface area (Å²) >= 11 is 0. The quantitative estimate of drug-likeness (QED) is 0.521. The Hall–Kier alpha value is -3.67. The van der Waals surface area contributed by atoms with E-state index >= 15 is 0 Å². The van der Waals surface area contributed by atoms with E-state index in [9.17, 15) is 4.79 Å². The van der Waals surface area contributed by atoms with Crippen LogP contribution in [-0.4, -0.2) is 38.6 Å². The maximum Gasteiger partial charge on any atom is 0.259 e. The molecule has 1 aliphatic rings. The number of hydrogen-bond acceptors (Lipinski definition) is 4. The number of fused-ring (bicyclic) bond motifs is 2. The Bertz CT molecular complexity index is 1220. The van der Waals surface area contributed by atoms with Gasteiger partial charge in [-0.2, -0.15) is 5.10 Å². The Morgan fingerprint density at radius 2 is 1.97 bits per heavy atom. The van der Waals surface area contributed by atoms with Crippen molar-refractivity contribution in [3.63, 3.8) is 0 Å². The lowest BCUT2D eigenvalue weighted by Gasteiger charge is -2.29. The van der Waals surface area contributed by atoms with Gasteiger partial charge in [-0.1, -0.05) is 36.4 Å². The van der Waals surface area contributed by atoms with Crippen molar-refractivity contribution >= 4 is 11.6 Å². The van der Waals surface area contributed by atoms with Crippen LogP contribution in [0.1, 0.15) is 28.4 Å². The number of aromatic nitrogens is 3. The summed E-state index contributed by atoms with van der Waals surface area (Å²) in [6.07, 6.45) is 4.19. The molecule has 2 aromatic carbocycles. The Balaban J connectivity index is 1.47. The van der Waals surface area contributed by atoms with Gasteiger partial charge in [-0.15, -0.1) is 0 Å². The van der Waals surface area contributed by atoms with Gasteiger partial charge in [0.15, 0.2) is 5.65 Å². The van der Waals surface area contributed by atoms with Crippen LogP contribution in [0.25, 0.3) is 16.9 Å². The molecule has 0 saturated heterocycles. The van der Waals surface area contributed by atoms with Crippen molar-refractivity contribution in [2.75, 3.05) is 13.2 Å². The van der Waals surface area contributed by atoms with Crippen molar-refractivity contribution in [1.29, 1.82) is 0 Å². The van der Waals surface area contributed by atoms with Gasteiger partial charge in [-0.05, 0) is 42.7 Å². The number of carbonyl (C=O) groups excluding carboxylic acids is 1. The van der Waals surface area contributed by atoms with Crippen LogP contribution in [0.2, 0.25) is 0 Å². The molecule has 0 atom stereocenters. The molecule has 150 valence electrons. The minimum atomic E-state index is -0.0461. The lowest BCUT2D eigenvalue weighted by atomic mass is 9.99. The Labute approximate surface area is 174 Å². The van der Waals surface area contributed by atoms with Crippen LogP contribution in [0, 0.1) is 0 Å². The fourth-order valence-corrected chi connectivity index (χ4v) is 4.00. The largest absolute Gasteiger partial charge is 0.494 e. The van der Waals surface area contributed by atoms with Crippen LogP contribution in [0.3, 0.4) is 0 Å². The highest BCUT2D eigenvalue weighted by atomic mass is 16.5. The smallest absolute Gasteiger partial charge is 0.259 e. The highest BCUT2D eigenvalue weighted by molar-refractivity contribution is 6.00. The van der Waals surface area contributed by atoms with Crippen LogP contribution in [0.5, 0.6) is 5.75 Å². The van der Waals surface area contributed by atoms with Gasteiger partial charge in [-0.3, -0.25) is 4.79 Å². The molecule has 5 rings (SSSR count). The molecule has 6 nitrogen and oxygen atoms in total. The van der Waals surface area contributed by atoms with E-state index in [-0.39, 0.29) is 5.91 Å². The second-order valence-electron chi connectivity index (χ2n) is 7.33. The second-order valence-corrected chi connectivity index (χ2v) is 7.33. The third-order valence-electron chi connectivity index (χ3n) is 5.49. The van der Waals surface area contributed by atoms with Crippen LogP contribution in [0.15, 0.2) is 67.0 Å². The van der Waals surface area contributed by atoms with E-state index in [0.29, 0.717) is 30.9 Å². The van der Waals surface area contributed by atoms with E-state index in [4.69, 9.17) is 4.74 Å². The highest BCUT2D eigenvalue weighted by Crippen LogP contribution is 2.26. The molecule has 1 aliphatic heterocycles. The van der Waals surface area contributed by atoms with Gasteiger partial charge in [0.2, 0.25) is 0 Å². The summed E-state index contributed by atoms with van der Waals surface area (Å²) < 4.78 is 7.37. The zero-order valence-electron chi connectivity index (χ0n) is 16.8. The molecule has 3 heterocycles. The summed E-state index contributed by atoms with van der Waals surface area (Å²) in [6, 6.07) is 18.1. The third kappa shape index (κ3) is 3.20. The number of rotatable bonds is 4. The van der Waals surface area contributed by atoms with E-state index in [0.717, 1.165) is 29.0 Å². The van der Waals surface area contributed by atoms with Crippen LogP contribution in [-0.2, 0) is 13.0 Å². The first kappa shape index (κ1) is 18.4. The maximum atomic E-state index is 13.3. The lowest BCUT2D eigenvalue weighted by Crippen LogP contribution is -2.36. The summed E-state index contributed by atoms with van der Waals surface area (Å²) in [5.74, 6) is 0.797. The molecule has 0 fully saturated rings. The fraction of sp³-hybridized carbons (Fsp3) is 0.208. The standard InChI is InChI=1S/C24H22N4O2/c1-2-30-20-9-8-17-11-13-27(16-19(17)14-20)24(29)21-15-26-28-22(10-12-25-23(21)28)18-6-4-3-5-7-18/h3-10,12,14-15H,2,11,13,16H2,1H3. The van der Waals surface area contributed by atoms with Crippen LogP contribution >= 0.6 is 0 Å². The number of hydrogen-bond donors (Lipinski definition) is 0. The second kappa shape index (κ2) is 7.63. The Kier molecular flexibility index (Phi) is 4.67. The predicted octanol–water partition coefficient (Wildman–Crippen LogP) is 3.99. The summed E-state index contributed by atoms with van der Waals surface area (Å²) in [4.78, 5) is 19.7. The fourth-order valence-electron chi connectivity index (χ4n) is 4.00. The number of amides is 1. The number of carbonyl (C=O) groups is 1. The number of benzene rings is 2. The summed E-state index contributed by atoms with van der Waals surface area (Å²) in [5, 5.41) is 4.48. The summed E-state index contributed by atoms with van der Waals surface area (Å²) in [5.41, 5.74) is 5.45. The van der Waals surface area contributed by atoms with Gasteiger partial charge in [0.25, 0.3) is 5.91 Å². The zero-order valence-corrected chi connectivity index (χ0v) is 16.8. The van der Waals surface area contributed by atoms with Crippen LogP contribution < -0.4 is 4.74 Å². The van der Waals surface area contributed by atoms with Gasteiger partial charge in [0.1, 0.15) is 11.3 Å². The predicted molar refractivity (Wildman–Crippen MR) is 114 cm³/mol. The molecule has 0 N–H and O–H groups in total. The molecule has 2 aromatic heterocycles. The maximum absolute atomic E-state index is 13.3. The van der Waals surface area contributed by atoms with Gasteiger partial charge >= 0.3 is 0 Å². The molecule has 6 heteroatoms. The summed E-state index contributed by atoms with van der Waals surface area (Å²) in [7, 11) is 0. The molecule has 0 spiro atoms. The Morgan fingerprint density at radius 1 is 1.10 bits per heavy atom. The first-order chi connectivity index (χ1) is 14.7. The van der Waals surface area contributed by atoms with E-state index in [1.54, 1.807) is 16.9 Å². The van der Waals surface area contributed by atoms with Crippen molar-refractivity contribution in [3.8, 4) is 17.0 Å². The van der Waals surface area contributed by atoms with Gasteiger partial charge in [-0.25, -0.2) is 9.50 Å². The lowest BCUT2D eigenvalue weighted by molar-refractivity contribution is 0.0736. The molecule has 0 saturated carbocycles. The van der Waals surface area contributed by atoms with E-state index in [1.807, 2.05) is 60.4 Å². The van der Waals surface area contributed by atoms with Crippen molar-refractivity contribution in [2.24, 2.45) is 0 Å². The molecule has 4 aromatic rings. The molecule has 1 amide bonds. The highest BCUT2D eigenvalue weighted by Gasteiger charge is 2.25. The van der Waals surface area contributed by atoms with E-state index in [1.165, 1.54) is 5.56 Å². The van der Waals surface area contributed by atoms with Gasteiger partial charge < -0.3 is 9.64 Å². The molecule has 0 unspecified atom stereocenters. The minimum Gasteiger partial charge on any atom is -0.494 e. The van der Waals surface area contributed by atoms with Crippen LogP contribution in [0.4, 0.5) is 0 Å².